The molecule has 1 heterocycles. The Labute approximate surface area is 111 Å². The van der Waals surface area contributed by atoms with Crippen molar-refractivity contribution in [2.45, 2.75) is 12.5 Å². The number of fused-ring (bicyclic) bond motifs is 1. The van der Waals surface area contributed by atoms with Gasteiger partial charge >= 0.3 is 0 Å². The molecular weight excluding hydrogens is 236 g/mol. The molecular formula is C16H14N2O. The first-order valence-electron chi connectivity index (χ1n) is 6.26. The van der Waals surface area contributed by atoms with Crippen molar-refractivity contribution in [1.29, 1.82) is 0 Å². The van der Waals surface area contributed by atoms with Crippen molar-refractivity contribution in [3.63, 3.8) is 0 Å². The minimum Gasteiger partial charge on any atom is -0.388 e. The Morgan fingerprint density at radius 1 is 0.895 bits per heavy atom. The average molecular weight is 250 g/mol. The summed E-state index contributed by atoms with van der Waals surface area (Å²) in [6, 6.07) is 15.7. The number of hydrogen-bond acceptors (Lipinski definition) is 3. The summed E-state index contributed by atoms with van der Waals surface area (Å²) in [4.78, 5) is 8.58. The Balaban J connectivity index is 1.96. The molecule has 0 aliphatic heterocycles. The van der Waals surface area contributed by atoms with Crippen molar-refractivity contribution in [3.8, 4) is 0 Å². The van der Waals surface area contributed by atoms with E-state index in [1.165, 1.54) is 0 Å². The molecule has 19 heavy (non-hydrogen) atoms. The van der Waals surface area contributed by atoms with Crippen LogP contribution in [0.25, 0.3) is 11.0 Å². The summed E-state index contributed by atoms with van der Waals surface area (Å²) in [7, 11) is 0. The molecule has 0 aliphatic rings. The largest absolute Gasteiger partial charge is 0.388 e. The van der Waals surface area contributed by atoms with Crippen LogP contribution in [-0.4, -0.2) is 15.1 Å². The van der Waals surface area contributed by atoms with Gasteiger partial charge in [0.25, 0.3) is 0 Å². The number of para-hydroxylation sites is 1. The zero-order valence-corrected chi connectivity index (χ0v) is 10.4. The summed E-state index contributed by atoms with van der Waals surface area (Å²) < 4.78 is 0. The monoisotopic (exact) mass is 250 g/mol. The fraction of sp³-hybridized carbons (Fsp3) is 0.125. The molecule has 1 N–H and O–H groups in total. The molecule has 0 saturated heterocycles. The maximum absolute atomic E-state index is 10.4. The Bertz CT molecular complexity index is 677. The van der Waals surface area contributed by atoms with Gasteiger partial charge in [-0.05, 0) is 11.6 Å². The van der Waals surface area contributed by atoms with Gasteiger partial charge in [-0.15, -0.1) is 0 Å². The standard InChI is InChI=1S/C16H14N2O/c19-15(11-12-5-2-1-3-6-12)13-7-4-8-14-16(13)18-10-9-17-14/h1-10,15,19H,11H2. The Morgan fingerprint density at radius 2 is 1.68 bits per heavy atom. The van der Waals surface area contributed by atoms with E-state index in [1.54, 1.807) is 12.4 Å². The van der Waals surface area contributed by atoms with Crippen molar-refractivity contribution >= 4 is 11.0 Å². The molecule has 0 saturated carbocycles. The first kappa shape index (κ1) is 11.8. The molecule has 1 unspecified atom stereocenters. The van der Waals surface area contributed by atoms with Gasteiger partial charge in [0.15, 0.2) is 0 Å². The van der Waals surface area contributed by atoms with Crippen molar-refractivity contribution in [1.82, 2.24) is 9.97 Å². The van der Waals surface area contributed by atoms with E-state index in [4.69, 9.17) is 0 Å². The van der Waals surface area contributed by atoms with Crippen LogP contribution in [0.5, 0.6) is 0 Å². The molecule has 2 aromatic carbocycles. The third-order valence-electron chi connectivity index (χ3n) is 3.16. The number of aromatic nitrogens is 2. The number of rotatable bonds is 3. The summed E-state index contributed by atoms with van der Waals surface area (Å²) in [5.74, 6) is 0. The highest BCUT2D eigenvalue weighted by molar-refractivity contribution is 5.77. The predicted molar refractivity (Wildman–Crippen MR) is 74.6 cm³/mol. The van der Waals surface area contributed by atoms with Crippen LogP contribution in [0, 0.1) is 0 Å². The third kappa shape index (κ3) is 2.46. The topological polar surface area (TPSA) is 46.0 Å². The summed E-state index contributed by atoms with van der Waals surface area (Å²) >= 11 is 0. The fourth-order valence-electron chi connectivity index (χ4n) is 2.23. The molecule has 0 aliphatic carbocycles. The van der Waals surface area contributed by atoms with Crippen LogP contribution in [0.3, 0.4) is 0 Å². The third-order valence-corrected chi connectivity index (χ3v) is 3.16. The molecule has 3 nitrogen and oxygen atoms in total. The maximum atomic E-state index is 10.4. The smallest absolute Gasteiger partial charge is 0.0944 e. The maximum Gasteiger partial charge on any atom is 0.0944 e. The predicted octanol–water partition coefficient (Wildman–Crippen LogP) is 2.91. The van der Waals surface area contributed by atoms with E-state index in [9.17, 15) is 5.11 Å². The SMILES string of the molecule is OC(Cc1ccccc1)c1cccc2nccnc12. The number of hydrogen-bond donors (Lipinski definition) is 1. The number of aliphatic hydroxyl groups excluding tert-OH is 1. The minimum absolute atomic E-state index is 0.567. The van der Waals surface area contributed by atoms with Gasteiger partial charge in [-0.1, -0.05) is 42.5 Å². The van der Waals surface area contributed by atoms with E-state index in [-0.39, 0.29) is 0 Å². The van der Waals surface area contributed by atoms with E-state index in [2.05, 4.69) is 9.97 Å². The molecule has 3 aromatic rings. The van der Waals surface area contributed by atoms with Gasteiger partial charge in [-0.2, -0.15) is 0 Å². The first-order valence-corrected chi connectivity index (χ1v) is 6.26. The van der Waals surface area contributed by atoms with Gasteiger partial charge < -0.3 is 5.11 Å². The van der Waals surface area contributed by atoms with Crippen LogP contribution in [0.15, 0.2) is 60.9 Å². The van der Waals surface area contributed by atoms with Crippen molar-refractivity contribution < 1.29 is 5.11 Å². The molecule has 0 radical (unpaired) electrons. The average Bonchev–Trinajstić information content (AvgIpc) is 2.47. The van der Waals surface area contributed by atoms with Gasteiger partial charge in [-0.25, -0.2) is 0 Å². The fourth-order valence-corrected chi connectivity index (χ4v) is 2.23. The first-order chi connectivity index (χ1) is 9.34. The molecule has 0 spiro atoms. The Kier molecular flexibility index (Phi) is 3.21. The lowest BCUT2D eigenvalue weighted by atomic mass is 10.0. The highest BCUT2D eigenvalue weighted by Crippen LogP contribution is 2.24. The zero-order valence-electron chi connectivity index (χ0n) is 10.4. The molecule has 3 rings (SSSR count). The lowest BCUT2D eigenvalue weighted by molar-refractivity contribution is 0.180. The van der Waals surface area contributed by atoms with Crippen molar-refractivity contribution in [2.24, 2.45) is 0 Å². The van der Waals surface area contributed by atoms with Crippen LogP contribution in [0.1, 0.15) is 17.2 Å². The summed E-state index contributed by atoms with van der Waals surface area (Å²) in [5, 5.41) is 10.4. The van der Waals surface area contributed by atoms with Gasteiger partial charge in [0.05, 0.1) is 17.1 Å². The molecule has 0 bridgehead atoms. The molecule has 1 atom stereocenters. The van der Waals surface area contributed by atoms with E-state index in [0.717, 1.165) is 22.2 Å². The second-order valence-electron chi connectivity index (χ2n) is 4.48. The molecule has 0 amide bonds. The van der Waals surface area contributed by atoms with Crippen LogP contribution in [-0.2, 0) is 6.42 Å². The molecule has 0 fully saturated rings. The van der Waals surface area contributed by atoms with Crippen LogP contribution in [0.2, 0.25) is 0 Å². The van der Waals surface area contributed by atoms with E-state index >= 15 is 0 Å². The minimum atomic E-state index is -0.567. The summed E-state index contributed by atoms with van der Waals surface area (Å²) in [6.45, 7) is 0. The summed E-state index contributed by atoms with van der Waals surface area (Å²) in [5.41, 5.74) is 3.52. The zero-order chi connectivity index (χ0) is 13.1. The summed E-state index contributed by atoms with van der Waals surface area (Å²) in [6.07, 6.45) is 3.33. The Morgan fingerprint density at radius 3 is 2.53 bits per heavy atom. The second-order valence-corrected chi connectivity index (χ2v) is 4.48. The van der Waals surface area contributed by atoms with Crippen LogP contribution >= 0.6 is 0 Å². The second kappa shape index (κ2) is 5.16. The number of benzene rings is 2. The van der Waals surface area contributed by atoms with E-state index < -0.39 is 6.10 Å². The van der Waals surface area contributed by atoms with Crippen LogP contribution in [0.4, 0.5) is 0 Å². The molecule has 3 heteroatoms. The number of aliphatic hydroxyl groups is 1. The number of nitrogens with zero attached hydrogens (tertiary/aromatic N) is 2. The van der Waals surface area contributed by atoms with Crippen molar-refractivity contribution in [2.75, 3.05) is 0 Å². The van der Waals surface area contributed by atoms with E-state index in [0.29, 0.717) is 6.42 Å². The highest BCUT2D eigenvalue weighted by Gasteiger charge is 2.12. The lowest BCUT2D eigenvalue weighted by Gasteiger charge is -2.12. The highest BCUT2D eigenvalue weighted by atomic mass is 16.3. The quantitative estimate of drug-likeness (QED) is 0.777. The van der Waals surface area contributed by atoms with Crippen LogP contribution < -0.4 is 0 Å². The molecule has 94 valence electrons. The van der Waals surface area contributed by atoms with Crippen molar-refractivity contribution in [3.05, 3.63) is 72.1 Å². The van der Waals surface area contributed by atoms with Gasteiger partial charge in [0.1, 0.15) is 0 Å². The van der Waals surface area contributed by atoms with Gasteiger partial charge in [0, 0.05) is 24.4 Å². The Hall–Kier alpha value is -2.26. The van der Waals surface area contributed by atoms with E-state index in [1.807, 2.05) is 48.5 Å². The van der Waals surface area contributed by atoms with Gasteiger partial charge in [-0.3, -0.25) is 9.97 Å². The lowest BCUT2D eigenvalue weighted by Crippen LogP contribution is -2.03. The van der Waals surface area contributed by atoms with Gasteiger partial charge in [0.2, 0.25) is 0 Å². The molecule has 1 aromatic heterocycles. The normalized spacial score (nSPS) is 12.5.